The lowest BCUT2D eigenvalue weighted by Gasteiger charge is -2.29. The maximum Gasteiger partial charge on any atom is 0.290 e. The third kappa shape index (κ3) is 3.60. The number of aromatic nitrogens is 3. The van der Waals surface area contributed by atoms with Gasteiger partial charge in [0.05, 0.1) is 11.7 Å². The van der Waals surface area contributed by atoms with Crippen LogP contribution in [0.5, 0.6) is 0 Å². The molecule has 2 aromatic rings. The number of anilines is 1. The van der Waals surface area contributed by atoms with Crippen LogP contribution in [0.25, 0.3) is 0 Å². The van der Waals surface area contributed by atoms with Gasteiger partial charge in [-0.15, -0.1) is 10.2 Å². The molecule has 5 rings (SSSR count). The van der Waals surface area contributed by atoms with Crippen LogP contribution < -0.4 is 10.2 Å². The molecule has 3 aliphatic heterocycles. The molecule has 156 valence electrons. The summed E-state index contributed by atoms with van der Waals surface area (Å²) in [6.45, 7) is 5.89. The Kier molecular flexibility index (Phi) is 5.26. The molecule has 29 heavy (non-hydrogen) atoms. The van der Waals surface area contributed by atoms with Gasteiger partial charge >= 0.3 is 0 Å². The van der Waals surface area contributed by atoms with Gasteiger partial charge < -0.3 is 24.6 Å². The number of aryl methyl sites for hydroxylation is 2. The van der Waals surface area contributed by atoms with E-state index in [2.05, 4.69) is 25.6 Å². The second-order valence-electron chi connectivity index (χ2n) is 7.65. The van der Waals surface area contributed by atoms with Gasteiger partial charge in [-0.3, -0.25) is 9.59 Å². The van der Waals surface area contributed by atoms with E-state index in [1.165, 1.54) is 0 Å². The number of hydrogen-bond donors (Lipinski definition) is 2. The van der Waals surface area contributed by atoms with E-state index in [4.69, 9.17) is 19.2 Å². The van der Waals surface area contributed by atoms with Crippen molar-refractivity contribution in [3.63, 3.8) is 0 Å². The summed E-state index contributed by atoms with van der Waals surface area (Å²) in [5.41, 5.74) is 0.239. The average Bonchev–Trinajstić information content (AvgIpc) is 3.46. The molecular formula is C18H23N5O5S. The lowest BCUT2D eigenvalue weighted by molar-refractivity contribution is -0.122. The van der Waals surface area contributed by atoms with Crippen molar-refractivity contribution in [1.29, 1.82) is 0 Å². The molecule has 0 aromatic carbocycles. The van der Waals surface area contributed by atoms with Crippen molar-refractivity contribution in [3.05, 3.63) is 22.5 Å². The second kappa shape index (κ2) is 7.71. The Hall–Kier alpha value is -2.53. The summed E-state index contributed by atoms with van der Waals surface area (Å²) in [5.74, 6) is 1.17. The number of nitrogens with zero attached hydrogens (tertiary/aromatic N) is 4. The van der Waals surface area contributed by atoms with Gasteiger partial charge in [-0.05, 0) is 26.7 Å². The summed E-state index contributed by atoms with van der Waals surface area (Å²) < 4.78 is 11.4. The summed E-state index contributed by atoms with van der Waals surface area (Å²) in [4.78, 5) is 23.0. The first-order valence-electron chi connectivity index (χ1n) is 9.48. The van der Waals surface area contributed by atoms with Crippen LogP contribution in [0.1, 0.15) is 34.1 Å². The van der Waals surface area contributed by atoms with Crippen molar-refractivity contribution in [2.24, 2.45) is 11.8 Å². The maximum atomic E-state index is 12.3. The maximum absolute atomic E-state index is 12.3. The zero-order chi connectivity index (χ0) is 20.6. The molecule has 0 aliphatic carbocycles. The lowest BCUT2D eigenvalue weighted by Crippen LogP contribution is -2.42. The van der Waals surface area contributed by atoms with Crippen LogP contribution in [0.2, 0.25) is 0 Å². The number of hydrogen-bond acceptors (Lipinski definition) is 9. The number of amides is 1. The molecule has 2 N–H and O–H groups in total. The fourth-order valence-corrected chi connectivity index (χ4v) is 5.49. The Bertz CT molecular complexity index is 901. The van der Waals surface area contributed by atoms with E-state index in [9.17, 15) is 4.79 Å². The predicted molar refractivity (Wildman–Crippen MR) is 103 cm³/mol. The Balaban J connectivity index is 0.000000645. The van der Waals surface area contributed by atoms with E-state index in [1.54, 1.807) is 24.3 Å². The van der Waals surface area contributed by atoms with Crippen molar-refractivity contribution in [2.45, 2.75) is 38.4 Å². The molecule has 2 bridgehead atoms. The lowest BCUT2D eigenvalue weighted by atomic mass is 9.73. The first-order chi connectivity index (χ1) is 14.0. The molecule has 3 saturated heterocycles. The molecule has 0 saturated carbocycles. The largest absolute Gasteiger partial charge is 0.483 e. The average molecular weight is 421 g/mol. The summed E-state index contributed by atoms with van der Waals surface area (Å²) in [7, 11) is 0. The van der Waals surface area contributed by atoms with Crippen LogP contribution in [-0.4, -0.2) is 64.2 Å². The predicted octanol–water partition coefficient (Wildman–Crippen LogP) is 1.26. The fourth-order valence-electron chi connectivity index (χ4n) is 4.80. The van der Waals surface area contributed by atoms with Gasteiger partial charge in [-0.2, -0.15) is 0 Å². The Morgan fingerprint density at radius 2 is 2.28 bits per heavy atom. The number of carbonyl (C=O) groups excluding carboxylic acids is 1. The van der Waals surface area contributed by atoms with E-state index in [1.807, 2.05) is 6.92 Å². The van der Waals surface area contributed by atoms with E-state index in [0.717, 1.165) is 36.1 Å². The van der Waals surface area contributed by atoms with Crippen molar-refractivity contribution in [2.75, 3.05) is 24.5 Å². The smallest absolute Gasteiger partial charge is 0.290 e. The van der Waals surface area contributed by atoms with Gasteiger partial charge in [0.2, 0.25) is 5.13 Å². The Morgan fingerprint density at radius 3 is 2.93 bits per heavy atom. The number of nitrogens with one attached hydrogen (secondary N) is 1. The van der Waals surface area contributed by atoms with E-state index >= 15 is 0 Å². The number of carbonyl (C=O) groups is 2. The minimum Gasteiger partial charge on any atom is -0.483 e. The van der Waals surface area contributed by atoms with Crippen LogP contribution in [0.4, 0.5) is 5.13 Å². The summed E-state index contributed by atoms with van der Waals surface area (Å²) in [6.07, 6.45) is 2.38. The molecule has 3 aliphatic rings. The molecule has 10 nitrogen and oxygen atoms in total. The van der Waals surface area contributed by atoms with Gasteiger partial charge in [-0.1, -0.05) is 16.5 Å². The number of ether oxygens (including phenoxy) is 1. The quantitative estimate of drug-likeness (QED) is 0.700. The first-order valence-corrected chi connectivity index (χ1v) is 10.3. The SMILES string of the molecule is Cc1cc(C(=O)NC[C@H]2[C@H]3CN(c4nnc(C)s4)C[C@]34CC[C@H]2O4)no1.O=CO. The first kappa shape index (κ1) is 19.8. The summed E-state index contributed by atoms with van der Waals surface area (Å²) in [5, 5.41) is 24.1. The van der Waals surface area contributed by atoms with E-state index in [-0.39, 0.29) is 24.1 Å². The third-order valence-electron chi connectivity index (χ3n) is 5.93. The number of rotatable bonds is 4. The van der Waals surface area contributed by atoms with Gasteiger partial charge in [0.15, 0.2) is 5.69 Å². The molecule has 0 radical (unpaired) electrons. The molecule has 3 fully saturated rings. The zero-order valence-corrected chi connectivity index (χ0v) is 17.0. The van der Waals surface area contributed by atoms with E-state index < -0.39 is 0 Å². The highest BCUT2D eigenvalue weighted by Gasteiger charge is 2.63. The standard InChI is InChI=1S/C17H21N5O3S.CH2O2/c1-9-5-13(21-25-9)15(23)18-6-11-12-7-22(16-20-19-10(2)26-16)8-17(12)4-3-14(11)24-17;2-1-3/h5,11-12,14H,3-4,6-8H2,1-2H3,(H,18,23);1H,(H,2,3)/t11-,12+,14+,17+;/m0./s1. The minimum atomic E-state index is -0.250. The molecular weight excluding hydrogens is 398 g/mol. The van der Waals surface area contributed by atoms with Crippen LogP contribution in [0.3, 0.4) is 0 Å². The highest BCUT2D eigenvalue weighted by Crippen LogP contribution is 2.55. The van der Waals surface area contributed by atoms with Crippen LogP contribution in [-0.2, 0) is 9.53 Å². The van der Waals surface area contributed by atoms with Crippen molar-refractivity contribution in [3.8, 4) is 0 Å². The number of carboxylic acid groups (broad SMARTS) is 1. The normalized spacial score (nSPS) is 29.3. The van der Waals surface area contributed by atoms with Crippen LogP contribution >= 0.6 is 11.3 Å². The molecule has 1 spiro atoms. The molecule has 11 heteroatoms. The molecule has 0 unspecified atom stereocenters. The van der Waals surface area contributed by atoms with Gasteiger partial charge in [-0.25, -0.2) is 0 Å². The van der Waals surface area contributed by atoms with E-state index in [0.29, 0.717) is 29.8 Å². The Labute approximate surface area is 171 Å². The van der Waals surface area contributed by atoms with Gasteiger partial charge in [0.1, 0.15) is 10.8 Å². The third-order valence-corrected chi connectivity index (χ3v) is 6.83. The van der Waals surface area contributed by atoms with Gasteiger partial charge in [0.25, 0.3) is 12.4 Å². The van der Waals surface area contributed by atoms with Gasteiger partial charge in [0, 0.05) is 37.5 Å². The highest BCUT2D eigenvalue weighted by atomic mass is 32.1. The minimum absolute atomic E-state index is 0.0931. The molecule has 1 amide bonds. The number of fused-ring (bicyclic) bond motifs is 1. The molecule has 5 heterocycles. The second-order valence-corrected chi connectivity index (χ2v) is 8.81. The molecule has 4 atom stereocenters. The molecule has 2 aromatic heterocycles. The summed E-state index contributed by atoms with van der Waals surface area (Å²) >= 11 is 1.63. The van der Waals surface area contributed by atoms with Crippen molar-refractivity contribution >= 4 is 28.8 Å². The Morgan fingerprint density at radius 1 is 1.48 bits per heavy atom. The summed E-state index contributed by atoms with van der Waals surface area (Å²) in [6, 6.07) is 1.66. The van der Waals surface area contributed by atoms with Crippen LogP contribution in [0, 0.1) is 25.7 Å². The monoisotopic (exact) mass is 421 g/mol. The van der Waals surface area contributed by atoms with Crippen LogP contribution in [0.15, 0.2) is 10.6 Å². The fraction of sp³-hybridized carbons (Fsp3) is 0.611. The van der Waals surface area contributed by atoms with Crippen molar-refractivity contribution < 1.29 is 24.0 Å². The topological polar surface area (TPSA) is 131 Å². The zero-order valence-electron chi connectivity index (χ0n) is 16.2. The van der Waals surface area contributed by atoms with Crippen molar-refractivity contribution in [1.82, 2.24) is 20.7 Å². The highest BCUT2D eigenvalue weighted by molar-refractivity contribution is 7.15.